The van der Waals surface area contributed by atoms with Gasteiger partial charge in [-0.2, -0.15) is 0 Å². The van der Waals surface area contributed by atoms with E-state index >= 15 is 0 Å². The summed E-state index contributed by atoms with van der Waals surface area (Å²) >= 11 is 0. The lowest BCUT2D eigenvalue weighted by Gasteiger charge is -2.50. The second kappa shape index (κ2) is 12.4. The van der Waals surface area contributed by atoms with Crippen molar-refractivity contribution in [2.75, 3.05) is 16.0 Å². The van der Waals surface area contributed by atoms with E-state index in [0.717, 1.165) is 0 Å². The lowest BCUT2D eigenvalue weighted by Crippen LogP contribution is -2.58. The molecule has 3 fully saturated rings. The highest BCUT2D eigenvalue weighted by atomic mass is 16.4. The van der Waals surface area contributed by atoms with Crippen LogP contribution in [0.5, 0.6) is 0 Å². The van der Waals surface area contributed by atoms with Crippen LogP contribution in [-0.4, -0.2) is 66.8 Å². The van der Waals surface area contributed by atoms with E-state index in [1.165, 1.54) is 0 Å². The van der Waals surface area contributed by atoms with Crippen LogP contribution in [0.15, 0.2) is 0 Å². The van der Waals surface area contributed by atoms with E-state index in [2.05, 4.69) is 115 Å². The number of benzene rings is 1. The van der Waals surface area contributed by atoms with Crippen LogP contribution in [0, 0.1) is 0 Å². The van der Waals surface area contributed by atoms with Crippen molar-refractivity contribution in [3.63, 3.8) is 0 Å². The molecule has 12 heteroatoms. The van der Waals surface area contributed by atoms with Gasteiger partial charge in [-0.05, 0) is 139 Å². The SMILES string of the molecule is CC1(C)CC(c2c(NC(=O)O)c(C3CC(C)(C)NC(C)(C)C3)c(NC(=O)O)c(C3CC(C)(C)NC(C)(C)C3)c2NC(=O)O)CC(C)(C)N1. The first kappa shape index (κ1) is 37.7. The molecule has 0 unspecified atom stereocenters. The van der Waals surface area contributed by atoms with E-state index in [-0.39, 0.29) is 68.0 Å². The standard InChI is InChI=1S/C36H60N6O6/c1-31(2)13-19(14-32(3,4)40-31)22-25(37-28(43)44)23(20-15-33(5,6)41-34(7,8)16-20)27(39-30(47)48)24(26(22)38-29(45)46)21-17-35(9,10)42-36(11,12)18-21/h19-21,37-42H,13-18H2,1-12H3,(H,43,44)(H,45,46)(H,47,48). The summed E-state index contributed by atoms with van der Waals surface area (Å²) in [6.07, 6.45) is -0.241. The summed E-state index contributed by atoms with van der Waals surface area (Å²) in [5.41, 5.74) is 0.463. The maximum atomic E-state index is 12.8. The second-order valence-corrected chi connectivity index (χ2v) is 18.7. The topological polar surface area (TPSA) is 184 Å². The highest BCUT2D eigenvalue weighted by Gasteiger charge is 2.47. The summed E-state index contributed by atoms with van der Waals surface area (Å²) < 4.78 is 0. The third-order valence-corrected chi connectivity index (χ3v) is 10.1. The van der Waals surface area contributed by atoms with Crippen LogP contribution in [0.3, 0.4) is 0 Å². The van der Waals surface area contributed by atoms with Crippen molar-refractivity contribution in [2.24, 2.45) is 0 Å². The van der Waals surface area contributed by atoms with Gasteiger partial charge in [0.1, 0.15) is 0 Å². The highest BCUT2D eigenvalue weighted by Crippen LogP contribution is 2.57. The van der Waals surface area contributed by atoms with Gasteiger partial charge >= 0.3 is 18.3 Å². The molecule has 0 atom stereocenters. The van der Waals surface area contributed by atoms with E-state index in [4.69, 9.17) is 0 Å². The highest BCUT2D eigenvalue weighted by molar-refractivity contribution is 6.00. The van der Waals surface area contributed by atoms with Gasteiger partial charge in [0.15, 0.2) is 0 Å². The fraction of sp³-hybridized carbons (Fsp3) is 0.750. The molecule has 1 aromatic rings. The number of hydrogen-bond acceptors (Lipinski definition) is 6. The molecule has 12 nitrogen and oxygen atoms in total. The van der Waals surface area contributed by atoms with Gasteiger partial charge in [-0.1, -0.05) is 0 Å². The third-order valence-electron chi connectivity index (χ3n) is 10.1. The van der Waals surface area contributed by atoms with Crippen LogP contribution < -0.4 is 31.9 Å². The fourth-order valence-electron chi connectivity index (χ4n) is 10.3. The first-order valence-corrected chi connectivity index (χ1v) is 17.2. The van der Waals surface area contributed by atoms with Crippen LogP contribution in [0.25, 0.3) is 0 Å². The normalized spacial score (nSPS) is 24.8. The van der Waals surface area contributed by atoms with Crippen molar-refractivity contribution < 1.29 is 29.7 Å². The van der Waals surface area contributed by atoms with Crippen molar-refractivity contribution in [1.82, 2.24) is 16.0 Å². The molecule has 0 saturated carbocycles. The molecule has 3 aliphatic rings. The zero-order chi connectivity index (χ0) is 36.4. The predicted octanol–water partition coefficient (Wildman–Crippen LogP) is 8.03. The van der Waals surface area contributed by atoms with Gasteiger partial charge in [0.25, 0.3) is 0 Å². The Morgan fingerprint density at radius 1 is 0.438 bits per heavy atom. The molecule has 9 N–H and O–H groups in total. The van der Waals surface area contributed by atoms with Gasteiger partial charge in [-0.3, -0.25) is 16.0 Å². The minimum absolute atomic E-state index is 0.262. The summed E-state index contributed by atoms with van der Waals surface area (Å²) in [5.74, 6) is -0.787. The van der Waals surface area contributed by atoms with Crippen molar-refractivity contribution in [3.05, 3.63) is 16.7 Å². The summed E-state index contributed by atoms with van der Waals surface area (Å²) in [4.78, 5) is 38.3. The quantitative estimate of drug-likeness (QED) is 0.144. The van der Waals surface area contributed by atoms with E-state index in [9.17, 15) is 29.7 Å². The van der Waals surface area contributed by atoms with Crippen molar-refractivity contribution in [1.29, 1.82) is 0 Å². The van der Waals surface area contributed by atoms with Crippen LogP contribution in [-0.2, 0) is 0 Å². The van der Waals surface area contributed by atoms with Gasteiger partial charge in [-0.15, -0.1) is 0 Å². The Bertz CT molecular complexity index is 1220. The Morgan fingerprint density at radius 2 is 0.604 bits per heavy atom. The Labute approximate surface area is 286 Å². The summed E-state index contributed by atoms with van der Waals surface area (Å²) in [5, 5.41) is 50.5. The van der Waals surface area contributed by atoms with Crippen molar-refractivity contribution >= 4 is 35.3 Å². The number of carboxylic acid groups (broad SMARTS) is 3. The van der Waals surface area contributed by atoms with E-state index < -0.39 is 18.3 Å². The molecule has 3 amide bonds. The smallest absolute Gasteiger partial charge is 0.409 e. The number of hydrogen-bond donors (Lipinski definition) is 9. The minimum atomic E-state index is -1.29. The number of nitrogens with one attached hydrogen (secondary N) is 6. The van der Waals surface area contributed by atoms with E-state index in [1.807, 2.05) is 0 Å². The molecule has 0 bridgehead atoms. The van der Waals surface area contributed by atoms with Crippen molar-refractivity contribution in [2.45, 2.75) is 173 Å². The Kier molecular flexibility index (Phi) is 9.71. The van der Waals surface area contributed by atoms with Crippen LogP contribution >= 0.6 is 0 Å². The lowest BCUT2D eigenvalue weighted by atomic mass is 9.66. The molecule has 0 spiro atoms. The molecule has 3 aliphatic heterocycles. The number of carbonyl (C=O) groups is 3. The number of anilines is 3. The zero-order valence-corrected chi connectivity index (χ0v) is 31.0. The first-order chi connectivity index (χ1) is 21.6. The maximum Gasteiger partial charge on any atom is 0.409 e. The molecule has 270 valence electrons. The molecule has 4 rings (SSSR count). The van der Waals surface area contributed by atoms with E-state index in [0.29, 0.717) is 55.2 Å². The second-order valence-electron chi connectivity index (χ2n) is 18.7. The lowest BCUT2D eigenvalue weighted by molar-refractivity contribution is 0.159. The molecule has 1 aromatic carbocycles. The Morgan fingerprint density at radius 3 is 0.750 bits per heavy atom. The largest absolute Gasteiger partial charge is 0.465 e. The average molecular weight is 673 g/mol. The molecule has 0 aromatic heterocycles. The molecule has 48 heavy (non-hydrogen) atoms. The van der Waals surface area contributed by atoms with Gasteiger partial charge in [0, 0.05) is 49.9 Å². The zero-order valence-electron chi connectivity index (χ0n) is 31.0. The minimum Gasteiger partial charge on any atom is -0.465 e. The molecule has 0 aliphatic carbocycles. The summed E-state index contributed by atoms with van der Waals surface area (Å²) in [6.45, 7) is 25.3. The van der Waals surface area contributed by atoms with E-state index in [1.54, 1.807) is 0 Å². The monoisotopic (exact) mass is 672 g/mol. The molecular weight excluding hydrogens is 612 g/mol. The molecule has 0 radical (unpaired) electrons. The first-order valence-electron chi connectivity index (χ1n) is 17.2. The average Bonchev–Trinajstić information content (AvgIpc) is 2.76. The number of rotatable bonds is 6. The van der Waals surface area contributed by atoms with Crippen LogP contribution in [0.4, 0.5) is 31.4 Å². The number of piperidine rings is 3. The summed E-state index contributed by atoms with van der Waals surface area (Å²) in [7, 11) is 0. The van der Waals surface area contributed by atoms with Crippen LogP contribution in [0.1, 0.15) is 156 Å². The van der Waals surface area contributed by atoms with Gasteiger partial charge < -0.3 is 31.3 Å². The molecule has 3 saturated heterocycles. The Balaban J connectivity index is 2.25. The maximum absolute atomic E-state index is 12.8. The van der Waals surface area contributed by atoms with Gasteiger partial charge in [-0.25, -0.2) is 14.4 Å². The van der Waals surface area contributed by atoms with Crippen molar-refractivity contribution in [3.8, 4) is 0 Å². The third kappa shape index (κ3) is 8.73. The number of amides is 3. The molecule has 3 heterocycles. The fourth-order valence-corrected chi connectivity index (χ4v) is 10.3. The molecular formula is C36H60N6O6. The van der Waals surface area contributed by atoms with Gasteiger partial charge in [0.2, 0.25) is 0 Å². The predicted molar refractivity (Wildman–Crippen MR) is 191 cm³/mol. The summed E-state index contributed by atoms with van der Waals surface area (Å²) in [6, 6.07) is 0. The van der Waals surface area contributed by atoms with Gasteiger partial charge in [0.05, 0.1) is 17.1 Å². The van der Waals surface area contributed by atoms with Crippen LogP contribution in [0.2, 0.25) is 0 Å². The Hall–Kier alpha value is -3.09.